The lowest BCUT2D eigenvalue weighted by Gasteiger charge is -2.28. The summed E-state index contributed by atoms with van der Waals surface area (Å²) in [5.41, 5.74) is 0.432. The first-order valence-electron chi connectivity index (χ1n) is 12.7. The highest BCUT2D eigenvalue weighted by atomic mass is 32.2. The summed E-state index contributed by atoms with van der Waals surface area (Å²) in [7, 11) is 0.156. The van der Waals surface area contributed by atoms with Crippen molar-refractivity contribution < 1.29 is 32.2 Å². The van der Waals surface area contributed by atoms with E-state index in [9.17, 15) is 23.3 Å². The Morgan fingerprint density at radius 1 is 1.13 bits per heavy atom. The van der Waals surface area contributed by atoms with Crippen LogP contribution < -0.4 is 9.04 Å². The van der Waals surface area contributed by atoms with Gasteiger partial charge in [0.05, 0.1) is 29.9 Å². The Kier molecular flexibility index (Phi) is 9.94. The monoisotopic (exact) mass is 557 g/mol. The second kappa shape index (κ2) is 13.0. The molecule has 0 aromatic heterocycles. The molecular weight excluding hydrogens is 522 g/mol. The summed E-state index contributed by atoms with van der Waals surface area (Å²) in [6.07, 6.45) is 1.68. The van der Waals surface area contributed by atoms with Crippen molar-refractivity contribution in [2.45, 2.75) is 31.6 Å². The zero-order valence-electron chi connectivity index (χ0n) is 23.0. The summed E-state index contributed by atoms with van der Waals surface area (Å²) < 4.78 is 45.3. The molecule has 1 saturated heterocycles. The molecule has 0 saturated carbocycles. The van der Waals surface area contributed by atoms with Gasteiger partial charge < -0.3 is 19.1 Å². The number of nitriles is 1. The number of hydrogen-bond donors (Lipinski definition) is 0. The molecule has 1 aliphatic rings. The minimum absolute atomic E-state index is 0.0115. The Morgan fingerprint density at radius 2 is 1.82 bits per heavy atom. The van der Waals surface area contributed by atoms with Crippen molar-refractivity contribution in [3.05, 3.63) is 53.1 Å². The molecule has 3 rings (SSSR count). The van der Waals surface area contributed by atoms with Gasteiger partial charge in [0, 0.05) is 39.4 Å². The summed E-state index contributed by atoms with van der Waals surface area (Å²) >= 11 is 0. The molecule has 11 heteroatoms. The van der Waals surface area contributed by atoms with Crippen LogP contribution in [-0.4, -0.2) is 72.8 Å². The van der Waals surface area contributed by atoms with Crippen LogP contribution in [0.4, 0.5) is 5.69 Å². The Morgan fingerprint density at radius 3 is 2.41 bits per heavy atom. The van der Waals surface area contributed by atoms with Gasteiger partial charge in [-0.2, -0.15) is 5.26 Å². The predicted octanol–water partition coefficient (Wildman–Crippen LogP) is 3.70. The predicted molar refractivity (Wildman–Crippen MR) is 145 cm³/mol. The number of esters is 1. The standard InChI is InChI=1S/C28H35N3O7S/c1-19(2)17-31(25-8-6-21(14-22(25)16-29)27(32)30(3)4)39(34,35)23-7-9-26(24(15-23)28(33)36-5)38-18-20-10-12-37-13-11-20/h6-9,14-15,19-20H,10-13,17-18H2,1-5H3. The van der Waals surface area contributed by atoms with E-state index in [4.69, 9.17) is 14.2 Å². The number of sulfonamides is 1. The van der Waals surface area contributed by atoms with E-state index in [1.54, 1.807) is 14.1 Å². The highest BCUT2D eigenvalue weighted by Crippen LogP contribution is 2.32. The molecular formula is C28H35N3O7S. The lowest BCUT2D eigenvalue weighted by Crippen LogP contribution is -2.35. The number of benzene rings is 2. The first kappa shape index (κ1) is 29.9. The first-order valence-corrected chi connectivity index (χ1v) is 14.1. The van der Waals surface area contributed by atoms with Crippen molar-refractivity contribution in [3.8, 4) is 11.8 Å². The van der Waals surface area contributed by atoms with E-state index in [0.717, 1.165) is 17.1 Å². The molecule has 2 aromatic rings. The minimum atomic E-state index is -4.24. The average Bonchev–Trinajstić information content (AvgIpc) is 2.93. The van der Waals surface area contributed by atoms with Crippen LogP contribution in [0.3, 0.4) is 0 Å². The fraction of sp³-hybridized carbons (Fsp3) is 0.464. The molecule has 0 radical (unpaired) electrons. The number of hydrogen-bond acceptors (Lipinski definition) is 8. The van der Waals surface area contributed by atoms with Gasteiger partial charge in [0.25, 0.3) is 15.9 Å². The summed E-state index contributed by atoms with van der Waals surface area (Å²) in [5, 5.41) is 9.85. The van der Waals surface area contributed by atoms with E-state index in [0.29, 0.717) is 19.8 Å². The normalized spacial score (nSPS) is 14.0. The van der Waals surface area contributed by atoms with Crippen molar-refractivity contribution in [1.82, 2.24) is 4.90 Å². The number of nitrogens with zero attached hydrogens (tertiary/aromatic N) is 3. The maximum absolute atomic E-state index is 14.0. The molecule has 210 valence electrons. The van der Waals surface area contributed by atoms with Crippen LogP contribution in [0.25, 0.3) is 0 Å². The van der Waals surface area contributed by atoms with Crippen LogP contribution in [-0.2, 0) is 19.5 Å². The largest absolute Gasteiger partial charge is 0.492 e. The molecule has 1 heterocycles. The maximum atomic E-state index is 14.0. The Labute approximate surface area is 230 Å². The third-order valence-corrected chi connectivity index (χ3v) is 8.11. The zero-order chi connectivity index (χ0) is 28.7. The van der Waals surface area contributed by atoms with Crippen molar-refractivity contribution in [2.75, 3.05) is 51.9 Å². The van der Waals surface area contributed by atoms with Crippen LogP contribution in [0, 0.1) is 23.2 Å². The number of anilines is 1. The molecule has 1 aliphatic heterocycles. The quantitative estimate of drug-likeness (QED) is 0.405. The Bertz CT molecular complexity index is 1340. The van der Waals surface area contributed by atoms with Crippen LogP contribution in [0.2, 0.25) is 0 Å². The van der Waals surface area contributed by atoms with Crippen molar-refractivity contribution in [1.29, 1.82) is 5.26 Å². The molecule has 1 fully saturated rings. The summed E-state index contributed by atoms with van der Waals surface area (Å²) in [4.78, 5) is 26.3. The number of ether oxygens (including phenoxy) is 3. The number of amides is 1. The van der Waals surface area contributed by atoms with Crippen LogP contribution in [0.5, 0.6) is 5.75 Å². The lowest BCUT2D eigenvalue weighted by molar-refractivity contribution is 0.0483. The second-order valence-corrected chi connectivity index (χ2v) is 11.9. The lowest BCUT2D eigenvalue weighted by atomic mass is 10.0. The summed E-state index contributed by atoms with van der Waals surface area (Å²) in [6, 6.07) is 10.4. The third-order valence-electron chi connectivity index (χ3n) is 6.33. The van der Waals surface area contributed by atoms with Crippen molar-refractivity contribution >= 4 is 27.6 Å². The molecule has 10 nitrogen and oxygen atoms in total. The molecule has 2 aromatic carbocycles. The Hall–Kier alpha value is -3.62. The fourth-order valence-electron chi connectivity index (χ4n) is 4.20. The average molecular weight is 558 g/mol. The minimum Gasteiger partial charge on any atom is -0.492 e. The Balaban J connectivity index is 2.04. The summed E-state index contributed by atoms with van der Waals surface area (Å²) in [5.74, 6) is -0.645. The van der Waals surface area contributed by atoms with E-state index in [2.05, 4.69) is 0 Å². The maximum Gasteiger partial charge on any atom is 0.341 e. The third kappa shape index (κ3) is 7.07. The van der Waals surface area contributed by atoms with Gasteiger partial charge in [0.2, 0.25) is 0 Å². The zero-order valence-corrected chi connectivity index (χ0v) is 23.8. The molecule has 0 spiro atoms. The van der Waals surface area contributed by atoms with Gasteiger partial charge in [0.1, 0.15) is 17.4 Å². The van der Waals surface area contributed by atoms with Crippen LogP contribution in [0.15, 0.2) is 41.3 Å². The van der Waals surface area contributed by atoms with E-state index in [1.807, 2.05) is 19.9 Å². The van der Waals surface area contributed by atoms with Crippen molar-refractivity contribution in [2.24, 2.45) is 11.8 Å². The molecule has 0 N–H and O–H groups in total. The SMILES string of the molecule is COC(=O)c1cc(S(=O)(=O)N(CC(C)C)c2ccc(C(=O)N(C)C)cc2C#N)ccc1OCC1CCOCC1. The van der Waals surface area contributed by atoms with Gasteiger partial charge in [-0.1, -0.05) is 13.8 Å². The molecule has 0 unspecified atom stereocenters. The summed E-state index contributed by atoms with van der Waals surface area (Å²) in [6.45, 7) is 5.43. The smallest absolute Gasteiger partial charge is 0.341 e. The van der Waals surface area contributed by atoms with E-state index < -0.39 is 16.0 Å². The number of rotatable bonds is 10. The topological polar surface area (TPSA) is 126 Å². The molecule has 0 bridgehead atoms. The number of carbonyl (C=O) groups excluding carboxylic acids is 2. The molecule has 1 amide bonds. The first-order chi connectivity index (χ1) is 18.5. The van der Waals surface area contributed by atoms with Crippen molar-refractivity contribution in [3.63, 3.8) is 0 Å². The van der Waals surface area contributed by atoms with E-state index >= 15 is 0 Å². The molecule has 0 atom stereocenters. The van der Waals surface area contributed by atoms with Gasteiger partial charge in [-0.25, -0.2) is 13.2 Å². The van der Waals surface area contributed by atoms with Gasteiger partial charge >= 0.3 is 5.97 Å². The number of carbonyl (C=O) groups is 2. The highest BCUT2D eigenvalue weighted by Gasteiger charge is 2.30. The second-order valence-electron chi connectivity index (χ2n) is 9.99. The van der Waals surface area contributed by atoms with Gasteiger partial charge in [0.15, 0.2) is 0 Å². The van der Waals surface area contributed by atoms with E-state index in [-0.39, 0.29) is 57.3 Å². The van der Waals surface area contributed by atoms with Crippen LogP contribution >= 0.6 is 0 Å². The van der Waals surface area contributed by atoms with E-state index in [1.165, 1.54) is 48.4 Å². The number of methoxy groups -OCH3 is 1. The van der Waals surface area contributed by atoms with Crippen LogP contribution in [0.1, 0.15) is 53.0 Å². The van der Waals surface area contributed by atoms with Gasteiger partial charge in [-0.15, -0.1) is 0 Å². The van der Waals surface area contributed by atoms with Gasteiger partial charge in [-0.3, -0.25) is 9.10 Å². The fourth-order valence-corrected chi connectivity index (χ4v) is 5.88. The highest BCUT2D eigenvalue weighted by molar-refractivity contribution is 7.92. The molecule has 0 aliphatic carbocycles. The molecule has 39 heavy (non-hydrogen) atoms. The van der Waals surface area contributed by atoms with Gasteiger partial charge in [-0.05, 0) is 61.1 Å².